The van der Waals surface area contributed by atoms with Crippen molar-refractivity contribution in [1.82, 2.24) is 4.57 Å². The molecule has 0 unspecified atom stereocenters. The molecule has 2 heterocycles. The van der Waals surface area contributed by atoms with E-state index < -0.39 is 11.7 Å². The number of morpholine rings is 1. The van der Waals surface area contributed by atoms with Gasteiger partial charge in [0.2, 0.25) is 0 Å². The lowest BCUT2D eigenvalue weighted by Crippen LogP contribution is -2.36. The van der Waals surface area contributed by atoms with E-state index in [4.69, 9.17) is 4.74 Å². The van der Waals surface area contributed by atoms with Crippen LogP contribution in [-0.2, 0) is 9.53 Å². The smallest absolute Gasteiger partial charge is 0.266 e. The molecule has 0 aliphatic carbocycles. The topological polar surface area (TPSA) is 70.3 Å². The monoisotopic (exact) mass is 522 g/mol. The number of rotatable bonds is 5. The molecule has 2 aromatic carbocycles. The Hall–Kier alpha value is -3.41. The van der Waals surface area contributed by atoms with Gasteiger partial charge < -0.3 is 19.5 Å². The molecule has 0 radical (unpaired) electrons. The first-order valence-corrected chi connectivity index (χ1v) is 11.7. The molecule has 0 bridgehead atoms. The Morgan fingerprint density at radius 1 is 1.15 bits per heavy atom. The van der Waals surface area contributed by atoms with Gasteiger partial charge in [0.15, 0.2) is 0 Å². The first-order valence-electron chi connectivity index (χ1n) is 10.9. The summed E-state index contributed by atoms with van der Waals surface area (Å²) in [5, 5.41) is 12.2. The summed E-state index contributed by atoms with van der Waals surface area (Å²) in [7, 11) is 0. The zero-order valence-electron chi connectivity index (χ0n) is 18.9. The van der Waals surface area contributed by atoms with E-state index in [1.54, 1.807) is 6.08 Å². The molecule has 1 aromatic heterocycles. The second kappa shape index (κ2) is 10.2. The van der Waals surface area contributed by atoms with E-state index >= 15 is 0 Å². The standard InChI is InChI=1S/C26H24BrFN4O2/c1-17-13-19(14-20(16-29)26(33)30-22-5-3-21(28)4-6-22)18(2)32(17)23-7-8-25(24(27)15-23)31-9-11-34-12-10-31/h3-8,13-15H,9-12H2,1-2H3,(H,30,33). The van der Waals surface area contributed by atoms with Gasteiger partial charge in [0.05, 0.1) is 18.9 Å². The minimum Gasteiger partial charge on any atom is -0.378 e. The minimum atomic E-state index is -0.545. The minimum absolute atomic E-state index is 0.0339. The van der Waals surface area contributed by atoms with Crippen molar-refractivity contribution in [2.24, 2.45) is 0 Å². The van der Waals surface area contributed by atoms with Crippen LogP contribution in [0, 0.1) is 31.0 Å². The molecule has 34 heavy (non-hydrogen) atoms. The van der Waals surface area contributed by atoms with Gasteiger partial charge in [0.1, 0.15) is 17.5 Å². The molecule has 1 fully saturated rings. The maximum Gasteiger partial charge on any atom is 0.266 e. The highest BCUT2D eigenvalue weighted by Crippen LogP contribution is 2.31. The summed E-state index contributed by atoms with van der Waals surface area (Å²) in [6.45, 7) is 7.08. The Kier molecular flexibility index (Phi) is 7.15. The number of hydrogen-bond acceptors (Lipinski definition) is 4. The van der Waals surface area contributed by atoms with E-state index in [1.165, 1.54) is 24.3 Å². The molecule has 1 amide bonds. The number of aromatic nitrogens is 1. The SMILES string of the molecule is Cc1cc(C=C(C#N)C(=O)Nc2ccc(F)cc2)c(C)n1-c1ccc(N2CCOCC2)c(Br)c1. The van der Waals surface area contributed by atoms with Crippen molar-refractivity contribution >= 4 is 39.3 Å². The maximum absolute atomic E-state index is 13.1. The van der Waals surface area contributed by atoms with Crippen LogP contribution in [0.25, 0.3) is 11.8 Å². The summed E-state index contributed by atoms with van der Waals surface area (Å²) in [4.78, 5) is 14.9. The molecule has 1 aliphatic heterocycles. The van der Waals surface area contributed by atoms with Crippen LogP contribution < -0.4 is 10.2 Å². The van der Waals surface area contributed by atoms with Gasteiger partial charge in [-0.25, -0.2) is 4.39 Å². The van der Waals surface area contributed by atoms with Gasteiger partial charge in [-0.3, -0.25) is 4.79 Å². The third-order valence-electron chi connectivity index (χ3n) is 5.78. The van der Waals surface area contributed by atoms with Crippen LogP contribution in [0.3, 0.4) is 0 Å². The molecule has 4 rings (SSSR count). The first-order chi connectivity index (χ1) is 16.4. The van der Waals surface area contributed by atoms with Crippen molar-refractivity contribution in [1.29, 1.82) is 5.26 Å². The number of benzene rings is 2. The zero-order valence-corrected chi connectivity index (χ0v) is 20.5. The fourth-order valence-corrected chi connectivity index (χ4v) is 4.68. The van der Waals surface area contributed by atoms with Crippen molar-refractivity contribution in [2.75, 3.05) is 36.5 Å². The largest absolute Gasteiger partial charge is 0.378 e. The highest BCUT2D eigenvalue weighted by molar-refractivity contribution is 9.10. The molecule has 1 N–H and O–H groups in total. The Bertz CT molecular complexity index is 1290. The normalized spacial score (nSPS) is 14.1. The van der Waals surface area contributed by atoms with Gasteiger partial charge in [0, 0.05) is 40.3 Å². The number of amides is 1. The number of hydrogen-bond donors (Lipinski definition) is 1. The first kappa shape index (κ1) is 23.7. The fraction of sp³-hybridized carbons (Fsp3) is 0.231. The number of ether oxygens (including phenoxy) is 1. The summed E-state index contributed by atoms with van der Waals surface area (Å²) in [5.41, 5.74) is 5.15. The van der Waals surface area contributed by atoms with Crippen molar-refractivity contribution in [3.8, 4) is 11.8 Å². The molecule has 1 saturated heterocycles. The quantitative estimate of drug-likeness (QED) is 0.360. The van der Waals surface area contributed by atoms with Crippen molar-refractivity contribution in [3.63, 3.8) is 0 Å². The predicted octanol–water partition coefficient (Wildman–Crippen LogP) is 5.38. The van der Waals surface area contributed by atoms with Crippen LogP contribution in [0.4, 0.5) is 15.8 Å². The zero-order chi connectivity index (χ0) is 24.2. The third kappa shape index (κ3) is 5.06. The lowest BCUT2D eigenvalue weighted by molar-refractivity contribution is -0.112. The van der Waals surface area contributed by atoms with Crippen LogP contribution in [0.1, 0.15) is 17.0 Å². The summed E-state index contributed by atoms with van der Waals surface area (Å²) >= 11 is 3.72. The highest BCUT2D eigenvalue weighted by atomic mass is 79.9. The van der Waals surface area contributed by atoms with Crippen LogP contribution in [-0.4, -0.2) is 36.8 Å². The van der Waals surface area contributed by atoms with Gasteiger partial charge in [-0.05, 0) is 89.9 Å². The van der Waals surface area contributed by atoms with Crippen molar-refractivity contribution in [2.45, 2.75) is 13.8 Å². The van der Waals surface area contributed by atoms with Crippen LogP contribution >= 0.6 is 15.9 Å². The van der Waals surface area contributed by atoms with E-state index in [-0.39, 0.29) is 5.57 Å². The maximum atomic E-state index is 13.1. The summed E-state index contributed by atoms with van der Waals surface area (Å²) in [6, 6.07) is 15.6. The highest BCUT2D eigenvalue weighted by Gasteiger charge is 2.17. The molecule has 3 aromatic rings. The Morgan fingerprint density at radius 3 is 2.50 bits per heavy atom. The average Bonchev–Trinajstić information content (AvgIpc) is 3.11. The molecule has 174 valence electrons. The molecule has 0 atom stereocenters. The Morgan fingerprint density at radius 2 is 1.85 bits per heavy atom. The number of anilines is 2. The lowest BCUT2D eigenvalue weighted by atomic mass is 10.1. The average molecular weight is 523 g/mol. The lowest BCUT2D eigenvalue weighted by Gasteiger charge is -2.30. The molecule has 1 aliphatic rings. The predicted molar refractivity (Wildman–Crippen MR) is 135 cm³/mol. The number of nitriles is 1. The summed E-state index contributed by atoms with van der Waals surface area (Å²) in [6.07, 6.45) is 1.58. The van der Waals surface area contributed by atoms with Gasteiger partial charge >= 0.3 is 0 Å². The molecule has 0 saturated carbocycles. The van der Waals surface area contributed by atoms with Crippen LogP contribution in [0.15, 0.2) is 58.6 Å². The van der Waals surface area contributed by atoms with E-state index in [9.17, 15) is 14.4 Å². The second-order valence-corrected chi connectivity index (χ2v) is 8.88. The number of aryl methyl sites for hydroxylation is 1. The summed E-state index contributed by atoms with van der Waals surface area (Å²) in [5.74, 6) is -0.942. The number of carbonyl (C=O) groups is 1. The van der Waals surface area contributed by atoms with Gasteiger partial charge in [0.25, 0.3) is 5.91 Å². The third-order valence-corrected chi connectivity index (χ3v) is 6.41. The number of halogens is 2. The second-order valence-electron chi connectivity index (χ2n) is 8.03. The fourth-order valence-electron chi connectivity index (χ4n) is 4.06. The number of nitrogens with one attached hydrogen (secondary N) is 1. The van der Waals surface area contributed by atoms with Crippen LogP contribution in [0.5, 0.6) is 0 Å². The molecular formula is C26H24BrFN4O2. The Balaban J connectivity index is 1.60. The van der Waals surface area contributed by atoms with Crippen LogP contribution in [0.2, 0.25) is 0 Å². The molecule has 0 spiro atoms. The van der Waals surface area contributed by atoms with Gasteiger partial charge in [-0.15, -0.1) is 0 Å². The molecule has 6 nitrogen and oxygen atoms in total. The number of nitrogens with zero attached hydrogens (tertiary/aromatic N) is 3. The summed E-state index contributed by atoms with van der Waals surface area (Å²) < 4.78 is 21.6. The van der Waals surface area contributed by atoms with Crippen molar-refractivity contribution in [3.05, 3.63) is 81.3 Å². The molecular weight excluding hydrogens is 499 g/mol. The van der Waals surface area contributed by atoms with E-state index in [0.29, 0.717) is 5.69 Å². The van der Waals surface area contributed by atoms with Gasteiger partial charge in [-0.2, -0.15) is 5.26 Å². The van der Waals surface area contributed by atoms with E-state index in [1.807, 2.05) is 26.0 Å². The van der Waals surface area contributed by atoms with Gasteiger partial charge in [-0.1, -0.05) is 0 Å². The molecule has 8 heteroatoms. The van der Waals surface area contributed by atoms with Crippen molar-refractivity contribution < 1.29 is 13.9 Å². The van der Waals surface area contributed by atoms with E-state index in [2.05, 4.69) is 48.9 Å². The Labute approximate surface area is 206 Å². The number of carbonyl (C=O) groups excluding carboxylic acids is 1. The van der Waals surface area contributed by atoms with E-state index in [0.717, 1.165) is 59.1 Å².